The first-order chi connectivity index (χ1) is 7.94. The standard InChI is InChI=1S/C11H17NO4S.Na/c1-9-5-3-6-10(11(9)16-2)12-7-4-8-17(13,14)15;/h3,5-6,12H,4,7-8H2,1-2H3,(H,13,14,15);/q;+1/p-1. The summed E-state index contributed by atoms with van der Waals surface area (Å²) in [6, 6.07) is 5.65. The van der Waals surface area contributed by atoms with Crippen LogP contribution in [0.2, 0.25) is 0 Å². The second kappa shape index (κ2) is 8.01. The van der Waals surface area contributed by atoms with E-state index in [-0.39, 0.29) is 41.7 Å². The van der Waals surface area contributed by atoms with E-state index in [0.29, 0.717) is 6.54 Å². The van der Waals surface area contributed by atoms with Crippen molar-refractivity contribution in [2.24, 2.45) is 0 Å². The fraction of sp³-hybridized carbons (Fsp3) is 0.455. The summed E-state index contributed by atoms with van der Waals surface area (Å²) in [6.45, 7) is 2.34. The van der Waals surface area contributed by atoms with E-state index in [9.17, 15) is 13.0 Å². The van der Waals surface area contributed by atoms with Crippen LogP contribution >= 0.6 is 0 Å². The maximum atomic E-state index is 10.4. The van der Waals surface area contributed by atoms with Crippen molar-refractivity contribution < 1.29 is 47.3 Å². The van der Waals surface area contributed by atoms with E-state index >= 15 is 0 Å². The molecule has 0 saturated heterocycles. The van der Waals surface area contributed by atoms with Crippen molar-refractivity contribution in [3.05, 3.63) is 23.8 Å². The van der Waals surface area contributed by atoms with Gasteiger partial charge in [-0.25, -0.2) is 8.42 Å². The Morgan fingerprint density at radius 3 is 2.61 bits per heavy atom. The van der Waals surface area contributed by atoms with Gasteiger partial charge in [0.15, 0.2) is 0 Å². The molecule has 5 nitrogen and oxygen atoms in total. The SMILES string of the molecule is COc1c(C)cccc1NCCCS(=O)(=O)[O-].[Na+]. The zero-order valence-corrected chi connectivity index (χ0v) is 13.7. The summed E-state index contributed by atoms with van der Waals surface area (Å²) in [5.74, 6) is 0.381. The van der Waals surface area contributed by atoms with E-state index in [0.717, 1.165) is 17.0 Å². The van der Waals surface area contributed by atoms with Gasteiger partial charge in [0, 0.05) is 12.3 Å². The van der Waals surface area contributed by atoms with E-state index in [2.05, 4.69) is 5.32 Å². The van der Waals surface area contributed by atoms with E-state index in [4.69, 9.17) is 4.74 Å². The Morgan fingerprint density at radius 2 is 2.06 bits per heavy atom. The maximum Gasteiger partial charge on any atom is 1.00 e. The van der Waals surface area contributed by atoms with Gasteiger partial charge in [-0.1, -0.05) is 12.1 Å². The van der Waals surface area contributed by atoms with Crippen molar-refractivity contribution >= 4 is 15.8 Å². The fourth-order valence-corrected chi connectivity index (χ4v) is 2.03. The molecule has 0 aliphatic rings. The first kappa shape index (κ1) is 17.7. The number of anilines is 1. The van der Waals surface area contributed by atoms with Gasteiger partial charge < -0.3 is 14.6 Å². The molecule has 0 fully saturated rings. The number of hydrogen-bond acceptors (Lipinski definition) is 5. The van der Waals surface area contributed by atoms with Crippen molar-refractivity contribution in [2.75, 3.05) is 24.7 Å². The van der Waals surface area contributed by atoms with Gasteiger partial charge in [0.05, 0.1) is 22.9 Å². The van der Waals surface area contributed by atoms with Crippen LogP contribution in [0.1, 0.15) is 12.0 Å². The van der Waals surface area contributed by atoms with Crippen LogP contribution in [0.5, 0.6) is 5.75 Å². The normalized spacial score (nSPS) is 10.6. The van der Waals surface area contributed by atoms with Crippen LogP contribution in [0.3, 0.4) is 0 Å². The number of aryl methyl sites for hydroxylation is 1. The Balaban J connectivity index is 0.00000289. The molecule has 96 valence electrons. The minimum Gasteiger partial charge on any atom is -0.748 e. The predicted octanol–water partition coefficient (Wildman–Crippen LogP) is -1.65. The molecule has 0 saturated carbocycles. The number of nitrogens with one attached hydrogen (secondary N) is 1. The maximum absolute atomic E-state index is 10.4. The first-order valence-corrected chi connectivity index (χ1v) is 6.83. The van der Waals surface area contributed by atoms with Crippen molar-refractivity contribution in [2.45, 2.75) is 13.3 Å². The molecule has 1 aromatic rings. The zero-order valence-electron chi connectivity index (χ0n) is 10.9. The number of para-hydroxylation sites is 1. The van der Waals surface area contributed by atoms with Crippen molar-refractivity contribution in [1.82, 2.24) is 0 Å². The summed E-state index contributed by atoms with van der Waals surface area (Å²) in [7, 11) is -2.54. The smallest absolute Gasteiger partial charge is 0.748 e. The van der Waals surface area contributed by atoms with Gasteiger partial charge in [-0.05, 0) is 25.0 Å². The molecule has 1 N–H and O–H groups in total. The van der Waals surface area contributed by atoms with E-state index in [1.165, 1.54) is 0 Å². The van der Waals surface area contributed by atoms with Crippen molar-refractivity contribution in [3.63, 3.8) is 0 Å². The minimum atomic E-state index is -4.12. The molecule has 0 bridgehead atoms. The third-order valence-electron chi connectivity index (χ3n) is 2.30. The Kier molecular flexibility index (Phi) is 7.89. The van der Waals surface area contributed by atoms with E-state index in [1.54, 1.807) is 7.11 Å². The number of ether oxygens (including phenoxy) is 1. The molecule has 1 rings (SSSR count). The van der Waals surface area contributed by atoms with Crippen LogP contribution in [0.4, 0.5) is 5.69 Å². The van der Waals surface area contributed by atoms with Gasteiger partial charge >= 0.3 is 29.6 Å². The van der Waals surface area contributed by atoms with Gasteiger partial charge in [0.25, 0.3) is 0 Å². The van der Waals surface area contributed by atoms with Crippen LogP contribution in [0.25, 0.3) is 0 Å². The summed E-state index contributed by atoms with van der Waals surface area (Å²) >= 11 is 0. The number of methoxy groups -OCH3 is 1. The van der Waals surface area contributed by atoms with Crippen LogP contribution in [-0.4, -0.2) is 32.4 Å². The van der Waals surface area contributed by atoms with Crippen LogP contribution in [0.15, 0.2) is 18.2 Å². The fourth-order valence-electron chi connectivity index (χ4n) is 1.53. The monoisotopic (exact) mass is 281 g/mol. The Labute approximate surface area is 130 Å². The van der Waals surface area contributed by atoms with Gasteiger partial charge in [-0.3, -0.25) is 0 Å². The van der Waals surface area contributed by atoms with E-state index < -0.39 is 10.1 Å². The predicted molar refractivity (Wildman–Crippen MR) is 65.4 cm³/mol. The van der Waals surface area contributed by atoms with Gasteiger partial charge in [-0.15, -0.1) is 0 Å². The molecule has 7 heteroatoms. The molecule has 0 aliphatic heterocycles. The molecule has 0 aliphatic carbocycles. The molecular weight excluding hydrogens is 265 g/mol. The Morgan fingerprint density at radius 1 is 1.39 bits per heavy atom. The number of rotatable bonds is 6. The molecule has 0 spiro atoms. The van der Waals surface area contributed by atoms with Crippen LogP contribution in [-0.2, 0) is 10.1 Å². The summed E-state index contributed by atoms with van der Waals surface area (Å²) in [6.07, 6.45) is 0.281. The van der Waals surface area contributed by atoms with Crippen LogP contribution in [0, 0.1) is 6.92 Å². The average molecular weight is 281 g/mol. The van der Waals surface area contributed by atoms with Gasteiger partial charge in [-0.2, -0.15) is 0 Å². The molecule has 0 aromatic heterocycles. The van der Waals surface area contributed by atoms with Gasteiger partial charge in [0.1, 0.15) is 5.75 Å². The minimum absolute atomic E-state index is 0. The molecule has 0 heterocycles. The zero-order chi connectivity index (χ0) is 12.9. The Bertz CT molecular complexity index is 476. The third kappa shape index (κ3) is 6.06. The average Bonchev–Trinajstić information content (AvgIpc) is 2.23. The molecular formula is C11H16NNaO4S. The summed E-state index contributed by atoms with van der Waals surface area (Å²) in [4.78, 5) is 0. The Hall–Kier alpha value is -0.270. The molecule has 18 heavy (non-hydrogen) atoms. The number of hydrogen-bond donors (Lipinski definition) is 1. The second-order valence-corrected chi connectivity index (χ2v) is 5.22. The quantitative estimate of drug-likeness (QED) is 0.384. The summed E-state index contributed by atoms with van der Waals surface area (Å²) in [5, 5.41) is 3.05. The molecule has 0 atom stereocenters. The second-order valence-electron chi connectivity index (χ2n) is 3.70. The molecule has 0 amide bonds. The summed E-state index contributed by atoms with van der Waals surface area (Å²) in [5.41, 5.74) is 1.80. The molecule has 0 radical (unpaired) electrons. The number of benzene rings is 1. The topological polar surface area (TPSA) is 78.5 Å². The van der Waals surface area contributed by atoms with Crippen molar-refractivity contribution in [3.8, 4) is 5.75 Å². The first-order valence-electron chi connectivity index (χ1n) is 5.25. The van der Waals surface area contributed by atoms with Crippen molar-refractivity contribution in [1.29, 1.82) is 0 Å². The summed E-state index contributed by atoms with van der Waals surface area (Å²) < 4.78 is 36.5. The largest absolute Gasteiger partial charge is 1.00 e. The third-order valence-corrected chi connectivity index (χ3v) is 3.09. The van der Waals surface area contributed by atoms with E-state index in [1.807, 2.05) is 25.1 Å². The molecule has 0 unspecified atom stereocenters. The van der Waals surface area contributed by atoms with Gasteiger partial charge in [0.2, 0.25) is 0 Å². The van der Waals surface area contributed by atoms with Crippen LogP contribution < -0.4 is 39.6 Å². The molecule has 1 aromatic carbocycles.